The lowest BCUT2D eigenvalue weighted by molar-refractivity contribution is 0.0685. The number of nitrogens with zero attached hydrogens (tertiary/aromatic N) is 2. The molecule has 0 aliphatic heterocycles. The Morgan fingerprint density at radius 1 is 1.10 bits per heavy atom. The van der Waals surface area contributed by atoms with Gasteiger partial charge in [0, 0.05) is 11.8 Å². The lowest BCUT2D eigenvalue weighted by Crippen LogP contribution is -2.14. The maximum Gasteiger partial charge on any atom is 0.355 e. The Kier molecular flexibility index (Phi) is 3.61. The fourth-order valence-corrected chi connectivity index (χ4v) is 2.01. The van der Waals surface area contributed by atoms with E-state index in [4.69, 9.17) is 5.11 Å². The second-order valence-corrected chi connectivity index (χ2v) is 4.63. The van der Waals surface area contributed by atoms with Gasteiger partial charge in [-0.2, -0.15) is 0 Å². The lowest BCUT2D eigenvalue weighted by atomic mass is 9.97. The second kappa shape index (κ2) is 5.21. The van der Waals surface area contributed by atoms with Crippen LogP contribution in [0.15, 0.2) is 24.4 Å². The maximum absolute atomic E-state index is 12.5. The number of carbonyl (C=O) groups excluding carboxylic acids is 1. The van der Waals surface area contributed by atoms with Crippen molar-refractivity contribution in [3.05, 3.63) is 58.2 Å². The van der Waals surface area contributed by atoms with Crippen molar-refractivity contribution in [2.75, 3.05) is 0 Å². The highest BCUT2D eigenvalue weighted by atomic mass is 16.4. The van der Waals surface area contributed by atoms with Gasteiger partial charge in [-0.15, -0.1) is 0 Å². The topological polar surface area (TPSA) is 80.2 Å². The van der Waals surface area contributed by atoms with Gasteiger partial charge in [-0.3, -0.25) is 4.79 Å². The average molecular weight is 270 g/mol. The molecular formula is C15H14N2O3. The van der Waals surface area contributed by atoms with Crippen LogP contribution in [0.25, 0.3) is 0 Å². The summed E-state index contributed by atoms with van der Waals surface area (Å²) in [4.78, 5) is 31.4. The fourth-order valence-electron chi connectivity index (χ4n) is 2.01. The molecule has 0 spiro atoms. The van der Waals surface area contributed by atoms with Crippen LogP contribution in [-0.2, 0) is 0 Å². The summed E-state index contributed by atoms with van der Waals surface area (Å²) in [5, 5.41) is 9.16. The van der Waals surface area contributed by atoms with Gasteiger partial charge in [0.1, 0.15) is 5.82 Å². The lowest BCUT2D eigenvalue weighted by Gasteiger charge is -2.08. The third kappa shape index (κ3) is 2.56. The molecule has 0 radical (unpaired) electrons. The summed E-state index contributed by atoms with van der Waals surface area (Å²) in [5.41, 5.74) is 2.05. The zero-order valence-electron chi connectivity index (χ0n) is 11.5. The smallest absolute Gasteiger partial charge is 0.355 e. The van der Waals surface area contributed by atoms with Crippen molar-refractivity contribution in [3.63, 3.8) is 0 Å². The number of aryl methyl sites for hydroxylation is 3. The minimum atomic E-state index is -1.23. The van der Waals surface area contributed by atoms with Crippen LogP contribution in [0.2, 0.25) is 0 Å². The van der Waals surface area contributed by atoms with Crippen molar-refractivity contribution in [1.29, 1.82) is 0 Å². The van der Waals surface area contributed by atoms with Crippen molar-refractivity contribution < 1.29 is 14.7 Å². The highest BCUT2D eigenvalue weighted by Crippen LogP contribution is 2.17. The van der Waals surface area contributed by atoms with E-state index in [1.54, 1.807) is 13.0 Å². The summed E-state index contributed by atoms with van der Waals surface area (Å²) in [6.45, 7) is 5.33. The number of aromatic nitrogens is 2. The van der Waals surface area contributed by atoms with Crippen LogP contribution in [0.1, 0.15) is 43.4 Å². The largest absolute Gasteiger partial charge is 0.476 e. The van der Waals surface area contributed by atoms with Crippen molar-refractivity contribution in [2.45, 2.75) is 20.8 Å². The molecule has 2 rings (SSSR count). The molecule has 0 aliphatic rings. The third-order valence-corrected chi connectivity index (χ3v) is 2.98. The molecule has 1 aromatic heterocycles. The van der Waals surface area contributed by atoms with Crippen molar-refractivity contribution in [3.8, 4) is 0 Å². The molecule has 0 aliphatic carbocycles. The van der Waals surface area contributed by atoms with Crippen molar-refractivity contribution >= 4 is 11.8 Å². The molecular weight excluding hydrogens is 256 g/mol. The van der Waals surface area contributed by atoms with Gasteiger partial charge in [-0.05, 0) is 26.3 Å². The van der Waals surface area contributed by atoms with Crippen molar-refractivity contribution in [1.82, 2.24) is 9.97 Å². The van der Waals surface area contributed by atoms with Crippen LogP contribution < -0.4 is 0 Å². The number of hydrogen-bond donors (Lipinski definition) is 1. The van der Waals surface area contributed by atoms with E-state index in [2.05, 4.69) is 9.97 Å². The van der Waals surface area contributed by atoms with Gasteiger partial charge in [0.05, 0.1) is 5.56 Å². The van der Waals surface area contributed by atoms with Crippen LogP contribution >= 0.6 is 0 Å². The molecule has 1 heterocycles. The normalized spacial score (nSPS) is 10.3. The first kappa shape index (κ1) is 13.9. The van der Waals surface area contributed by atoms with Gasteiger partial charge in [0.25, 0.3) is 0 Å². The van der Waals surface area contributed by atoms with Crippen LogP contribution in [0.4, 0.5) is 0 Å². The summed E-state index contributed by atoms with van der Waals surface area (Å²) >= 11 is 0. The van der Waals surface area contributed by atoms with E-state index in [-0.39, 0.29) is 17.0 Å². The zero-order valence-corrected chi connectivity index (χ0v) is 11.5. The number of carboxylic acid groups (broad SMARTS) is 1. The number of carbonyl (C=O) groups is 2. The maximum atomic E-state index is 12.5. The van der Waals surface area contributed by atoms with Gasteiger partial charge in [0.15, 0.2) is 11.5 Å². The number of rotatable bonds is 3. The van der Waals surface area contributed by atoms with Crippen LogP contribution in [0.3, 0.4) is 0 Å². The summed E-state index contributed by atoms with van der Waals surface area (Å²) in [6.07, 6.45) is 1.27. The molecule has 0 bridgehead atoms. The third-order valence-electron chi connectivity index (χ3n) is 2.98. The molecule has 0 saturated carbocycles. The predicted octanol–water partition coefficient (Wildman–Crippen LogP) is 2.33. The number of ketones is 1. The summed E-state index contributed by atoms with van der Waals surface area (Å²) in [6, 6.07) is 5.39. The minimum Gasteiger partial charge on any atom is -0.476 e. The molecule has 2 aromatic rings. The molecule has 5 heteroatoms. The molecule has 1 N–H and O–H groups in total. The highest BCUT2D eigenvalue weighted by Gasteiger charge is 2.21. The van der Waals surface area contributed by atoms with Gasteiger partial charge in [-0.25, -0.2) is 14.8 Å². The quantitative estimate of drug-likeness (QED) is 0.866. The minimum absolute atomic E-state index is 0.00931. The van der Waals surface area contributed by atoms with E-state index in [0.29, 0.717) is 11.4 Å². The molecule has 5 nitrogen and oxygen atoms in total. The standard InChI is InChI=1S/C15H14N2O3/c1-8-4-5-11(9(2)6-8)14(18)12-7-16-10(3)17-13(12)15(19)20/h4-7H,1-3H3,(H,19,20). The summed E-state index contributed by atoms with van der Waals surface area (Å²) in [7, 11) is 0. The second-order valence-electron chi connectivity index (χ2n) is 4.63. The number of aromatic carboxylic acids is 1. The van der Waals surface area contributed by atoms with Crippen LogP contribution in [-0.4, -0.2) is 26.8 Å². The molecule has 0 atom stereocenters. The van der Waals surface area contributed by atoms with E-state index in [1.807, 2.05) is 26.0 Å². The van der Waals surface area contributed by atoms with Crippen LogP contribution in [0.5, 0.6) is 0 Å². The first-order valence-corrected chi connectivity index (χ1v) is 6.09. The Morgan fingerprint density at radius 3 is 2.40 bits per heavy atom. The molecule has 0 unspecified atom stereocenters. The van der Waals surface area contributed by atoms with E-state index in [1.165, 1.54) is 6.20 Å². The number of carboxylic acids is 1. The Labute approximate surface area is 116 Å². The molecule has 0 saturated heterocycles. The highest BCUT2D eigenvalue weighted by molar-refractivity contribution is 6.14. The molecule has 0 amide bonds. The Bertz CT molecular complexity index is 708. The molecule has 20 heavy (non-hydrogen) atoms. The average Bonchev–Trinajstić information content (AvgIpc) is 2.37. The van der Waals surface area contributed by atoms with Gasteiger partial charge >= 0.3 is 5.97 Å². The van der Waals surface area contributed by atoms with E-state index in [9.17, 15) is 9.59 Å². The Balaban J connectivity index is 2.56. The van der Waals surface area contributed by atoms with E-state index in [0.717, 1.165) is 11.1 Å². The fraction of sp³-hybridized carbons (Fsp3) is 0.200. The number of benzene rings is 1. The van der Waals surface area contributed by atoms with Gasteiger partial charge in [0.2, 0.25) is 0 Å². The summed E-state index contributed by atoms with van der Waals surface area (Å²) in [5.74, 6) is -1.29. The number of hydrogen-bond acceptors (Lipinski definition) is 4. The molecule has 102 valence electrons. The van der Waals surface area contributed by atoms with E-state index < -0.39 is 5.97 Å². The molecule has 0 fully saturated rings. The van der Waals surface area contributed by atoms with Gasteiger partial charge < -0.3 is 5.11 Å². The zero-order chi connectivity index (χ0) is 14.9. The monoisotopic (exact) mass is 270 g/mol. The first-order valence-electron chi connectivity index (χ1n) is 6.09. The Morgan fingerprint density at radius 2 is 1.80 bits per heavy atom. The summed E-state index contributed by atoms with van der Waals surface area (Å²) < 4.78 is 0. The Hall–Kier alpha value is -2.56. The predicted molar refractivity (Wildman–Crippen MR) is 73.1 cm³/mol. The van der Waals surface area contributed by atoms with E-state index >= 15 is 0 Å². The van der Waals surface area contributed by atoms with Crippen molar-refractivity contribution in [2.24, 2.45) is 0 Å². The van der Waals surface area contributed by atoms with Gasteiger partial charge in [-0.1, -0.05) is 23.8 Å². The SMILES string of the molecule is Cc1ccc(C(=O)c2cnc(C)nc2C(=O)O)c(C)c1. The molecule has 1 aromatic carbocycles. The first-order chi connectivity index (χ1) is 9.40. The van der Waals surface area contributed by atoms with Crippen LogP contribution in [0, 0.1) is 20.8 Å².